The Labute approximate surface area is 128 Å². The highest BCUT2D eigenvalue weighted by Crippen LogP contribution is 2.18. The summed E-state index contributed by atoms with van der Waals surface area (Å²) in [5, 5.41) is 0.784. The van der Waals surface area contributed by atoms with E-state index < -0.39 is 0 Å². The molecule has 5 nitrogen and oxygen atoms in total. The summed E-state index contributed by atoms with van der Waals surface area (Å²) >= 11 is 0. The van der Waals surface area contributed by atoms with Crippen molar-refractivity contribution in [2.75, 3.05) is 13.1 Å². The largest absolute Gasteiger partial charge is 0.339 e. The molecule has 0 atom stereocenters. The third-order valence-electron chi connectivity index (χ3n) is 3.81. The highest BCUT2D eigenvalue weighted by Gasteiger charge is 2.23. The van der Waals surface area contributed by atoms with E-state index in [9.17, 15) is 9.59 Å². The minimum atomic E-state index is -0.249. The van der Waals surface area contributed by atoms with E-state index in [1.807, 2.05) is 18.2 Å². The topological polar surface area (TPSA) is 79.2 Å². The van der Waals surface area contributed by atoms with Crippen molar-refractivity contribution in [3.63, 3.8) is 0 Å². The monoisotopic (exact) mass is 307 g/mol. The van der Waals surface area contributed by atoms with Crippen LogP contribution in [0.5, 0.6) is 0 Å². The van der Waals surface area contributed by atoms with E-state index in [-0.39, 0.29) is 29.9 Å². The minimum absolute atomic E-state index is 0. The summed E-state index contributed by atoms with van der Waals surface area (Å²) in [7, 11) is 0. The van der Waals surface area contributed by atoms with E-state index in [1.54, 1.807) is 11.0 Å². The van der Waals surface area contributed by atoms with Gasteiger partial charge in [0.1, 0.15) is 0 Å². The van der Waals surface area contributed by atoms with Crippen LogP contribution in [0.4, 0.5) is 0 Å². The van der Waals surface area contributed by atoms with Crippen molar-refractivity contribution >= 4 is 29.2 Å². The summed E-state index contributed by atoms with van der Waals surface area (Å²) in [6.45, 7) is 1.31. The molecule has 0 radical (unpaired) electrons. The number of piperidine rings is 1. The van der Waals surface area contributed by atoms with Gasteiger partial charge in [-0.25, -0.2) is 0 Å². The maximum atomic E-state index is 12.6. The van der Waals surface area contributed by atoms with Gasteiger partial charge in [0, 0.05) is 36.1 Å². The number of para-hydroxylation sites is 1. The minimum Gasteiger partial charge on any atom is -0.339 e. The zero-order chi connectivity index (χ0) is 14.1. The van der Waals surface area contributed by atoms with E-state index in [4.69, 9.17) is 5.73 Å². The third kappa shape index (κ3) is 3.09. The van der Waals surface area contributed by atoms with Gasteiger partial charge in [-0.2, -0.15) is 0 Å². The van der Waals surface area contributed by atoms with Gasteiger partial charge in [0.2, 0.25) is 5.56 Å². The lowest BCUT2D eigenvalue weighted by atomic mass is 10.0. The molecule has 0 spiro atoms. The number of fused-ring (bicyclic) bond motifs is 1. The molecule has 0 aliphatic carbocycles. The van der Waals surface area contributed by atoms with Gasteiger partial charge in [0.25, 0.3) is 5.91 Å². The number of amides is 1. The highest BCUT2D eigenvalue weighted by molar-refractivity contribution is 6.05. The molecule has 6 heteroatoms. The van der Waals surface area contributed by atoms with E-state index in [2.05, 4.69) is 4.98 Å². The number of nitrogens with zero attached hydrogens (tertiary/aromatic N) is 1. The SMILES string of the molecule is Cl.NC1CCN(C(=O)c2cc(=O)[nH]c3ccccc23)CC1. The Morgan fingerprint density at radius 1 is 1.24 bits per heavy atom. The Kier molecular flexibility index (Phi) is 4.65. The van der Waals surface area contributed by atoms with Crippen molar-refractivity contribution in [2.45, 2.75) is 18.9 Å². The number of pyridine rings is 1. The van der Waals surface area contributed by atoms with Crippen LogP contribution in [0, 0.1) is 0 Å². The summed E-state index contributed by atoms with van der Waals surface area (Å²) in [6.07, 6.45) is 1.62. The number of halogens is 1. The first-order valence-electron chi connectivity index (χ1n) is 6.82. The number of carbonyl (C=O) groups excluding carboxylic acids is 1. The van der Waals surface area contributed by atoms with Crippen LogP contribution in [-0.4, -0.2) is 34.9 Å². The maximum Gasteiger partial charge on any atom is 0.254 e. The molecule has 21 heavy (non-hydrogen) atoms. The number of aromatic amines is 1. The summed E-state index contributed by atoms with van der Waals surface area (Å²) in [5.41, 5.74) is 6.77. The molecule has 1 aliphatic rings. The van der Waals surface area contributed by atoms with Crippen LogP contribution in [0.3, 0.4) is 0 Å². The molecule has 0 unspecified atom stereocenters. The fourth-order valence-electron chi connectivity index (χ4n) is 2.65. The van der Waals surface area contributed by atoms with Gasteiger partial charge < -0.3 is 15.6 Å². The molecule has 112 valence electrons. The molecule has 1 amide bonds. The first-order valence-corrected chi connectivity index (χ1v) is 6.82. The first kappa shape index (κ1) is 15.5. The first-order chi connectivity index (χ1) is 9.65. The van der Waals surface area contributed by atoms with Crippen molar-refractivity contribution in [1.82, 2.24) is 9.88 Å². The van der Waals surface area contributed by atoms with Crippen LogP contribution in [0.25, 0.3) is 10.9 Å². The maximum absolute atomic E-state index is 12.6. The number of likely N-dealkylation sites (tertiary alicyclic amines) is 1. The summed E-state index contributed by atoms with van der Waals surface area (Å²) in [5.74, 6) is -0.0841. The third-order valence-corrected chi connectivity index (χ3v) is 3.81. The lowest BCUT2D eigenvalue weighted by molar-refractivity contribution is 0.0716. The second-order valence-corrected chi connectivity index (χ2v) is 5.22. The van der Waals surface area contributed by atoms with Crippen LogP contribution >= 0.6 is 12.4 Å². The fraction of sp³-hybridized carbons (Fsp3) is 0.333. The number of nitrogens with two attached hydrogens (primary N) is 1. The van der Waals surface area contributed by atoms with Crippen LogP contribution in [0.2, 0.25) is 0 Å². The molecule has 2 aromatic rings. The summed E-state index contributed by atoms with van der Waals surface area (Å²) in [4.78, 5) is 28.8. The number of aromatic nitrogens is 1. The number of benzene rings is 1. The van der Waals surface area contributed by atoms with Crippen LogP contribution < -0.4 is 11.3 Å². The van der Waals surface area contributed by atoms with Crippen LogP contribution in [0.1, 0.15) is 23.2 Å². The number of rotatable bonds is 1. The fourth-order valence-corrected chi connectivity index (χ4v) is 2.65. The number of nitrogens with one attached hydrogen (secondary N) is 1. The lowest BCUT2D eigenvalue weighted by Crippen LogP contribution is -2.43. The summed E-state index contributed by atoms with van der Waals surface area (Å²) in [6, 6.07) is 8.93. The van der Waals surface area contributed by atoms with Crippen molar-refractivity contribution in [2.24, 2.45) is 5.73 Å². The zero-order valence-corrected chi connectivity index (χ0v) is 12.4. The summed E-state index contributed by atoms with van der Waals surface area (Å²) < 4.78 is 0. The number of hydrogen-bond acceptors (Lipinski definition) is 3. The zero-order valence-electron chi connectivity index (χ0n) is 11.5. The second-order valence-electron chi connectivity index (χ2n) is 5.22. The number of carbonyl (C=O) groups is 1. The number of H-pyrrole nitrogens is 1. The molecule has 1 aromatic heterocycles. The molecule has 3 N–H and O–H groups in total. The molecule has 0 saturated carbocycles. The normalized spacial score (nSPS) is 15.8. The predicted octanol–water partition coefficient (Wildman–Crippen LogP) is 1.51. The van der Waals surface area contributed by atoms with Crippen molar-refractivity contribution in [1.29, 1.82) is 0 Å². The van der Waals surface area contributed by atoms with Gasteiger partial charge >= 0.3 is 0 Å². The van der Waals surface area contributed by atoms with Crippen molar-refractivity contribution < 1.29 is 4.79 Å². The Morgan fingerprint density at radius 2 is 1.90 bits per heavy atom. The molecule has 1 aliphatic heterocycles. The molecule has 0 bridgehead atoms. The molecule has 3 rings (SSSR count). The lowest BCUT2D eigenvalue weighted by Gasteiger charge is -2.30. The van der Waals surface area contributed by atoms with Gasteiger partial charge in [0.15, 0.2) is 0 Å². The number of hydrogen-bond donors (Lipinski definition) is 2. The van der Waals surface area contributed by atoms with Crippen LogP contribution in [-0.2, 0) is 0 Å². The van der Waals surface area contributed by atoms with Gasteiger partial charge in [0.05, 0.1) is 5.56 Å². The Hall–Kier alpha value is -1.85. The Morgan fingerprint density at radius 3 is 2.62 bits per heavy atom. The van der Waals surface area contributed by atoms with Gasteiger partial charge in [-0.15, -0.1) is 12.4 Å². The molecule has 1 fully saturated rings. The highest BCUT2D eigenvalue weighted by atomic mass is 35.5. The van der Waals surface area contributed by atoms with E-state index in [1.165, 1.54) is 6.07 Å². The van der Waals surface area contributed by atoms with Gasteiger partial charge in [-0.1, -0.05) is 18.2 Å². The quantitative estimate of drug-likeness (QED) is 0.838. The van der Waals surface area contributed by atoms with Crippen molar-refractivity contribution in [3.8, 4) is 0 Å². The second kappa shape index (κ2) is 6.28. The smallest absolute Gasteiger partial charge is 0.254 e. The van der Waals surface area contributed by atoms with Gasteiger partial charge in [-0.3, -0.25) is 9.59 Å². The van der Waals surface area contributed by atoms with E-state index in [0.717, 1.165) is 18.2 Å². The molecule has 1 aromatic carbocycles. The van der Waals surface area contributed by atoms with Crippen molar-refractivity contribution in [3.05, 3.63) is 46.2 Å². The van der Waals surface area contributed by atoms with Gasteiger partial charge in [-0.05, 0) is 18.9 Å². The molecule has 1 saturated heterocycles. The van der Waals surface area contributed by atoms with E-state index >= 15 is 0 Å². The predicted molar refractivity (Wildman–Crippen MR) is 84.9 cm³/mol. The average molecular weight is 308 g/mol. The Balaban J connectivity index is 0.00000161. The Bertz CT molecular complexity index is 705. The van der Waals surface area contributed by atoms with Crippen LogP contribution in [0.15, 0.2) is 35.1 Å². The molecule has 2 heterocycles. The molecular weight excluding hydrogens is 290 g/mol. The van der Waals surface area contributed by atoms with E-state index in [0.29, 0.717) is 24.2 Å². The average Bonchev–Trinajstić information content (AvgIpc) is 2.46. The molecular formula is C15H18ClN3O2. The standard InChI is InChI=1S/C15H17N3O2.ClH/c16-10-5-7-18(8-6-10)15(20)12-9-14(19)17-13-4-2-1-3-11(12)13;/h1-4,9-10H,5-8,16H2,(H,17,19);1H.